The Labute approximate surface area is 178 Å². The van der Waals surface area contributed by atoms with Crippen LogP contribution in [0.2, 0.25) is 5.02 Å². The van der Waals surface area contributed by atoms with Gasteiger partial charge in [-0.1, -0.05) is 47.1 Å². The van der Waals surface area contributed by atoms with Crippen molar-refractivity contribution >= 4 is 23.4 Å². The number of hydrogen-bond acceptors (Lipinski definition) is 6. The number of nitrogens with one attached hydrogen (secondary N) is 2. The van der Waals surface area contributed by atoms with Crippen LogP contribution in [0.4, 0.5) is 0 Å². The van der Waals surface area contributed by atoms with Crippen LogP contribution in [-0.2, 0) is 4.79 Å². The average molecular weight is 429 g/mol. The van der Waals surface area contributed by atoms with Gasteiger partial charge in [-0.15, -0.1) is 0 Å². The minimum absolute atomic E-state index is 0.143. The molecule has 0 bridgehead atoms. The van der Waals surface area contributed by atoms with Crippen molar-refractivity contribution < 1.29 is 18.8 Å². The summed E-state index contributed by atoms with van der Waals surface area (Å²) in [6, 6.07) is 14.4. The highest BCUT2D eigenvalue weighted by Gasteiger charge is 2.17. The third-order valence-electron chi connectivity index (χ3n) is 4.17. The Balaban J connectivity index is 1.42. The number of halogens is 1. The van der Waals surface area contributed by atoms with Gasteiger partial charge in [0.2, 0.25) is 5.82 Å². The van der Waals surface area contributed by atoms with Crippen molar-refractivity contribution in [1.82, 2.24) is 20.8 Å². The summed E-state index contributed by atoms with van der Waals surface area (Å²) < 4.78 is 10.7. The second kappa shape index (κ2) is 9.89. The molecule has 156 valence electrons. The molecule has 1 unspecified atom stereocenters. The van der Waals surface area contributed by atoms with Gasteiger partial charge in [-0.05, 0) is 37.6 Å². The number of carbonyl (C=O) groups is 2. The van der Waals surface area contributed by atoms with Crippen molar-refractivity contribution in [1.29, 1.82) is 0 Å². The van der Waals surface area contributed by atoms with Crippen LogP contribution in [0.5, 0.6) is 5.75 Å². The number of hydrogen-bond donors (Lipinski definition) is 2. The Bertz CT molecular complexity index is 1020. The fraction of sp³-hybridized carbons (Fsp3) is 0.238. The van der Waals surface area contributed by atoms with Crippen molar-refractivity contribution in [3.8, 4) is 17.1 Å². The molecule has 1 atom stereocenters. The van der Waals surface area contributed by atoms with Crippen LogP contribution in [0.1, 0.15) is 23.2 Å². The van der Waals surface area contributed by atoms with E-state index in [9.17, 15) is 9.59 Å². The molecule has 8 nitrogen and oxygen atoms in total. The van der Waals surface area contributed by atoms with Gasteiger partial charge in [-0.3, -0.25) is 9.59 Å². The van der Waals surface area contributed by atoms with Gasteiger partial charge in [0.05, 0.1) is 0 Å². The molecule has 0 fully saturated rings. The van der Waals surface area contributed by atoms with Crippen LogP contribution < -0.4 is 15.4 Å². The zero-order valence-electron chi connectivity index (χ0n) is 16.5. The lowest BCUT2D eigenvalue weighted by Gasteiger charge is -2.16. The number of nitrogens with zero attached hydrogens (tertiary/aromatic N) is 2. The zero-order chi connectivity index (χ0) is 21.5. The summed E-state index contributed by atoms with van der Waals surface area (Å²) in [6.45, 7) is 3.91. The van der Waals surface area contributed by atoms with E-state index in [0.29, 0.717) is 16.6 Å². The quantitative estimate of drug-likeness (QED) is 0.534. The maximum Gasteiger partial charge on any atom is 0.316 e. The largest absolute Gasteiger partial charge is 0.481 e. The highest BCUT2D eigenvalue weighted by atomic mass is 35.5. The Kier molecular flexibility index (Phi) is 7.03. The minimum Gasteiger partial charge on any atom is -0.481 e. The molecule has 1 aromatic heterocycles. The lowest BCUT2D eigenvalue weighted by Crippen LogP contribution is -2.40. The van der Waals surface area contributed by atoms with E-state index in [2.05, 4.69) is 20.8 Å². The number of aromatic nitrogens is 2. The number of carbonyl (C=O) groups excluding carboxylic acids is 2. The lowest BCUT2D eigenvalue weighted by molar-refractivity contribution is -0.127. The Morgan fingerprint density at radius 3 is 2.60 bits per heavy atom. The van der Waals surface area contributed by atoms with E-state index in [1.165, 1.54) is 0 Å². The van der Waals surface area contributed by atoms with E-state index in [0.717, 1.165) is 11.1 Å². The van der Waals surface area contributed by atoms with E-state index in [1.54, 1.807) is 25.1 Å². The molecule has 9 heteroatoms. The molecule has 2 N–H and O–H groups in total. The van der Waals surface area contributed by atoms with Crippen molar-refractivity contribution in [3.63, 3.8) is 0 Å². The van der Waals surface area contributed by atoms with E-state index in [1.807, 2.05) is 37.3 Å². The number of amides is 2. The van der Waals surface area contributed by atoms with Crippen molar-refractivity contribution in [2.24, 2.45) is 0 Å². The summed E-state index contributed by atoms with van der Waals surface area (Å²) in [5.74, 6) is -0.0450. The normalized spacial score (nSPS) is 11.6. The summed E-state index contributed by atoms with van der Waals surface area (Å²) in [4.78, 5) is 28.4. The fourth-order valence-electron chi connectivity index (χ4n) is 2.59. The third kappa shape index (κ3) is 5.57. The molecule has 3 aromatic rings. The summed E-state index contributed by atoms with van der Waals surface area (Å²) >= 11 is 5.92. The van der Waals surface area contributed by atoms with Crippen LogP contribution in [0.3, 0.4) is 0 Å². The van der Waals surface area contributed by atoms with Gasteiger partial charge in [0.15, 0.2) is 6.10 Å². The molecule has 0 saturated carbocycles. The number of benzene rings is 2. The van der Waals surface area contributed by atoms with Gasteiger partial charge in [0.25, 0.3) is 5.91 Å². The first-order valence-corrected chi connectivity index (χ1v) is 9.69. The molecule has 1 heterocycles. The topological polar surface area (TPSA) is 106 Å². The molecule has 2 amide bonds. The molecular weight excluding hydrogens is 408 g/mol. The Hall–Kier alpha value is -3.39. The highest BCUT2D eigenvalue weighted by Crippen LogP contribution is 2.22. The second-order valence-corrected chi connectivity index (χ2v) is 6.94. The van der Waals surface area contributed by atoms with E-state index in [4.69, 9.17) is 20.9 Å². The van der Waals surface area contributed by atoms with Gasteiger partial charge in [-0.2, -0.15) is 4.98 Å². The fourth-order valence-corrected chi connectivity index (χ4v) is 2.82. The molecule has 0 spiro atoms. The average Bonchev–Trinajstić information content (AvgIpc) is 3.24. The molecule has 0 radical (unpaired) electrons. The van der Waals surface area contributed by atoms with E-state index in [-0.39, 0.29) is 24.9 Å². The molecule has 0 aliphatic rings. The molecular formula is C21H21ClN4O4. The monoisotopic (exact) mass is 428 g/mol. The maximum atomic E-state index is 12.2. The standard InChI is InChI=1S/C21H21ClN4O4/c1-13-12-16(22)8-9-17(13)29-14(2)19(27)23-10-11-24-20(28)21-25-18(26-30-21)15-6-4-3-5-7-15/h3-9,12,14H,10-11H2,1-2H3,(H,23,27)(H,24,28). The summed E-state index contributed by atoms with van der Waals surface area (Å²) in [5.41, 5.74) is 1.58. The first kappa shape index (κ1) is 21.3. The van der Waals surface area contributed by atoms with Gasteiger partial charge < -0.3 is 19.9 Å². The van der Waals surface area contributed by atoms with Crippen LogP contribution in [0, 0.1) is 6.92 Å². The minimum atomic E-state index is -0.704. The Morgan fingerprint density at radius 1 is 1.13 bits per heavy atom. The van der Waals surface area contributed by atoms with Gasteiger partial charge in [-0.25, -0.2) is 0 Å². The highest BCUT2D eigenvalue weighted by molar-refractivity contribution is 6.30. The van der Waals surface area contributed by atoms with Crippen LogP contribution >= 0.6 is 11.6 Å². The number of aryl methyl sites for hydroxylation is 1. The van der Waals surface area contributed by atoms with Crippen LogP contribution in [0.25, 0.3) is 11.4 Å². The molecule has 0 aliphatic heterocycles. The number of rotatable bonds is 8. The van der Waals surface area contributed by atoms with Crippen LogP contribution in [0.15, 0.2) is 53.1 Å². The van der Waals surface area contributed by atoms with Gasteiger partial charge >= 0.3 is 11.8 Å². The first-order chi connectivity index (χ1) is 14.4. The smallest absolute Gasteiger partial charge is 0.316 e. The molecule has 0 aliphatic carbocycles. The van der Waals surface area contributed by atoms with Gasteiger partial charge in [0.1, 0.15) is 5.75 Å². The van der Waals surface area contributed by atoms with Crippen molar-refractivity contribution in [2.75, 3.05) is 13.1 Å². The maximum absolute atomic E-state index is 12.2. The summed E-state index contributed by atoms with van der Waals surface area (Å²) in [6.07, 6.45) is -0.704. The summed E-state index contributed by atoms with van der Waals surface area (Å²) in [7, 11) is 0. The third-order valence-corrected chi connectivity index (χ3v) is 4.41. The van der Waals surface area contributed by atoms with Gasteiger partial charge in [0, 0.05) is 23.7 Å². The Morgan fingerprint density at radius 2 is 1.87 bits per heavy atom. The molecule has 3 rings (SSSR count). The number of ether oxygens (including phenoxy) is 1. The molecule has 30 heavy (non-hydrogen) atoms. The second-order valence-electron chi connectivity index (χ2n) is 6.51. The first-order valence-electron chi connectivity index (χ1n) is 9.32. The van der Waals surface area contributed by atoms with E-state index < -0.39 is 12.0 Å². The SMILES string of the molecule is Cc1cc(Cl)ccc1OC(C)C(=O)NCCNC(=O)c1nc(-c2ccccc2)no1. The zero-order valence-corrected chi connectivity index (χ0v) is 17.3. The van der Waals surface area contributed by atoms with E-state index >= 15 is 0 Å². The molecule has 2 aromatic carbocycles. The van der Waals surface area contributed by atoms with Crippen LogP contribution in [-0.4, -0.2) is 41.1 Å². The molecule has 0 saturated heterocycles. The predicted molar refractivity (Wildman–Crippen MR) is 111 cm³/mol. The summed E-state index contributed by atoms with van der Waals surface area (Å²) in [5, 5.41) is 9.72. The van der Waals surface area contributed by atoms with Crippen molar-refractivity contribution in [3.05, 3.63) is 65.0 Å². The predicted octanol–water partition coefficient (Wildman–Crippen LogP) is 3.01. The lowest BCUT2D eigenvalue weighted by atomic mass is 10.2. The van der Waals surface area contributed by atoms with Crippen molar-refractivity contribution in [2.45, 2.75) is 20.0 Å².